The van der Waals surface area contributed by atoms with E-state index in [1.54, 1.807) is 42.5 Å². The number of aromatic nitrogens is 3. The van der Waals surface area contributed by atoms with E-state index in [0.717, 1.165) is 0 Å². The minimum atomic E-state index is -3.32. The lowest BCUT2D eigenvalue weighted by Crippen LogP contribution is -2.37. The fourth-order valence-electron chi connectivity index (χ4n) is 3.32. The number of thioether (sulfide) groups is 1. The molecule has 1 aromatic heterocycles. The minimum Gasteiger partial charge on any atom is -0.378 e. The van der Waals surface area contributed by atoms with Crippen molar-refractivity contribution in [2.24, 2.45) is 0 Å². The summed E-state index contributed by atoms with van der Waals surface area (Å²) in [4.78, 5) is 2.39. The van der Waals surface area contributed by atoms with Gasteiger partial charge < -0.3 is 9.64 Å². The molecular formula is C21H23FN4O3S2. The number of halogens is 1. The van der Waals surface area contributed by atoms with E-state index in [2.05, 4.69) is 15.1 Å². The molecule has 0 bridgehead atoms. The molecule has 2 aromatic carbocycles. The van der Waals surface area contributed by atoms with E-state index in [0.29, 0.717) is 60.2 Å². The molecule has 3 aromatic rings. The number of hydrogen-bond acceptors (Lipinski definition) is 7. The third kappa shape index (κ3) is 5.25. The monoisotopic (exact) mass is 462 g/mol. The molecule has 4 rings (SSSR count). The molecule has 2 heterocycles. The van der Waals surface area contributed by atoms with Crippen molar-refractivity contribution in [1.82, 2.24) is 14.8 Å². The van der Waals surface area contributed by atoms with Crippen molar-refractivity contribution in [2.45, 2.75) is 16.5 Å². The van der Waals surface area contributed by atoms with Crippen LogP contribution in [-0.2, 0) is 14.6 Å². The molecule has 0 amide bonds. The van der Waals surface area contributed by atoms with Crippen molar-refractivity contribution in [3.63, 3.8) is 0 Å². The summed E-state index contributed by atoms with van der Waals surface area (Å²) in [5, 5.41) is 9.25. The number of hydrogen-bond donors (Lipinski definition) is 0. The normalized spacial score (nSPS) is 14.7. The molecule has 0 unspecified atom stereocenters. The van der Waals surface area contributed by atoms with Crippen molar-refractivity contribution < 1.29 is 17.5 Å². The number of sulfone groups is 1. The smallest absolute Gasteiger partial charge is 0.232 e. The Labute approximate surface area is 185 Å². The van der Waals surface area contributed by atoms with Crippen molar-refractivity contribution in [3.05, 3.63) is 60.4 Å². The summed E-state index contributed by atoms with van der Waals surface area (Å²) >= 11 is 1.41. The van der Waals surface area contributed by atoms with Gasteiger partial charge in [-0.3, -0.25) is 4.57 Å². The average Bonchev–Trinajstić information content (AvgIpc) is 3.22. The zero-order valence-electron chi connectivity index (χ0n) is 16.9. The molecule has 0 saturated carbocycles. The van der Waals surface area contributed by atoms with Gasteiger partial charge in [0.05, 0.1) is 29.5 Å². The molecule has 0 radical (unpaired) electrons. The first kappa shape index (κ1) is 21.8. The van der Waals surface area contributed by atoms with Crippen molar-refractivity contribution in [1.29, 1.82) is 0 Å². The van der Waals surface area contributed by atoms with Gasteiger partial charge in [-0.15, -0.1) is 10.2 Å². The predicted molar refractivity (Wildman–Crippen MR) is 118 cm³/mol. The Hall–Kier alpha value is -2.43. The summed E-state index contributed by atoms with van der Waals surface area (Å²) in [5.74, 6) is 0.884. The summed E-state index contributed by atoms with van der Waals surface area (Å²) in [7, 11) is -3.32. The average molecular weight is 463 g/mol. The maximum atomic E-state index is 13.9. The van der Waals surface area contributed by atoms with E-state index in [4.69, 9.17) is 4.74 Å². The van der Waals surface area contributed by atoms with Gasteiger partial charge >= 0.3 is 0 Å². The zero-order chi connectivity index (χ0) is 21.7. The molecule has 1 aliphatic heterocycles. The van der Waals surface area contributed by atoms with Crippen LogP contribution in [-0.4, -0.2) is 61.0 Å². The minimum absolute atomic E-state index is 0.0500. The fourth-order valence-corrected chi connectivity index (χ4v) is 5.72. The highest BCUT2D eigenvalue weighted by atomic mass is 32.2. The second-order valence-corrected chi connectivity index (χ2v) is 10.2. The Bertz CT molecular complexity index is 1120. The number of benzene rings is 2. The lowest BCUT2D eigenvalue weighted by atomic mass is 10.3. The predicted octanol–water partition coefficient (Wildman–Crippen LogP) is 3.20. The number of ether oxygens (including phenoxy) is 1. The molecule has 164 valence electrons. The summed E-state index contributed by atoms with van der Waals surface area (Å²) in [5.41, 5.74) is 0.630. The second kappa shape index (κ2) is 9.80. The van der Waals surface area contributed by atoms with Crippen LogP contribution in [0.2, 0.25) is 0 Å². The Morgan fingerprint density at radius 2 is 1.81 bits per heavy atom. The Balaban J connectivity index is 1.49. The fraction of sp³-hybridized carbons (Fsp3) is 0.333. The lowest BCUT2D eigenvalue weighted by Gasteiger charge is -2.27. The summed E-state index contributed by atoms with van der Waals surface area (Å²) in [6.07, 6.45) is 0.463. The molecule has 0 aliphatic carbocycles. The molecule has 10 heteroatoms. The molecule has 1 aliphatic rings. The molecule has 1 saturated heterocycles. The highest BCUT2D eigenvalue weighted by molar-refractivity contribution is 7.99. The third-order valence-electron chi connectivity index (χ3n) is 4.87. The van der Waals surface area contributed by atoms with Crippen molar-refractivity contribution in [3.8, 4) is 5.69 Å². The number of nitrogens with zero attached hydrogens (tertiary/aromatic N) is 4. The van der Waals surface area contributed by atoms with E-state index in [1.165, 1.54) is 23.9 Å². The Morgan fingerprint density at radius 3 is 2.55 bits per heavy atom. The van der Waals surface area contributed by atoms with Crippen LogP contribution in [0.25, 0.3) is 5.69 Å². The topological polar surface area (TPSA) is 77.3 Å². The van der Waals surface area contributed by atoms with Gasteiger partial charge in [-0.2, -0.15) is 0 Å². The van der Waals surface area contributed by atoms with E-state index in [1.807, 2.05) is 4.57 Å². The van der Waals surface area contributed by atoms with Crippen LogP contribution in [0.5, 0.6) is 0 Å². The van der Waals surface area contributed by atoms with E-state index >= 15 is 0 Å². The molecule has 0 atom stereocenters. The van der Waals surface area contributed by atoms with Crippen LogP contribution < -0.4 is 4.90 Å². The molecule has 0 spiro atoms. The quantitative estimate of drug-likeness (QED) is 0.376. The van der Waals surface area contributed by atoms with Gasteiger partial charge in [0.15, 0.2) is 15.0 Å². The zero-order valence-corrected chi connectivity index (χ0v) is 18.5. The van der Waals surface area contributed by atoms with Gasteiger partial charge in [-0.05, 0) is 36.8 Å². The number of morpholine rings is 1. The van der Waals surface area contributed by atoms with Crippen LogP contribution in [0.15, 0.2) is 64.6 Å². The molecule has 7 nitrogen and oxygen atoms in total. The van der Waals surface area contributed by atoms with Crippen LogP contribution in [0.3, 0.4) is 0 Å². The highest BCUT2D eigenvalue weighted by Gasteiger charge is 2.22. The van der Waals surface area contributed by atoms with Gasteiger partial charge in [-0.1, -0.05) is 36.0 Å². The first-order valence-corrected chi connectivity index (χ1v) is 12.6. The summed E-state index contributed by atoms with van der Waals surface area (Å²) in [6, 6.07) is 14.7. The van der Waals surface area contributed by atoms with Gasteiger partial charge in [-0.25, -0.2) is 12.8 Å². The van der Waals surface area contributed by atoms with Crippen LogP contribution >= 0.6 is 11.8 Å². The van der Waals surface area contributed by atoms with Crippen molar-refractivity contribution >= 4 is 27.5 Å². The van der Waals surface area contributed by atoms with Gasteiger partial charge in [0, 0.05) is 18.8 Å². The van der Waals surface area contributed by atoms with Crippen LogP contribution in [0.1, 0.15) is 6.42 Å². The molecule has 0 N–H and O–H groups in total. The first-order chi connectivity index (χ1) is 15.0. The lowest BCUT2D eigenvalue weighted by molar-refractivity contribution is 0.122. The SMILES string of the molecule is O=S(=O)(CCCSc1nnc(N2CCOCC2)n1-c1cccc(F)c1)c1ccccc1. The van der Waals surface area contributed by atoms with E-state index in [-0.39, 0.29) is 11.6 Å². The van der Waals surface area contributed by atoms with E-state index in [9.17, 15) is 12.8 Å². The van der Waals surface area contributed by atoms with Gasteiger partial charge in [0.2, 0.25) is 5.95 Å². The van der Waals surface area contributed by atoms with Gasteiger partial charge in [0.25, 0.3) is 0 Å². The second-order valence-electron chi connectivity index (χ2n) is 7.03. The molecule has 31 heavy (non-hydrogen) atoms. The third-order valence-corrected chi connectivity index (χ3v) is 7.70. The highest BCUT2D eigenvalue weighted by Crippen LogP contribution is 2.28. The van der Waals surface area contributed by atoms with Crippen LogP contribution in [0.4, 0.5) is 10.3 Å². The molecular weight excluding hydrogens is 439 g/mol. The number of rotatable bonds is 8. The standard InChI is InChI=1S/C21H23FN4O3S2/c22-17-6-4-7-18(16-17)26-20(25-10-12-29-13-11-25)23-24-21(26)30-14-5-15-31(27,28)19-8-2-1-3-9-19/h1-4,6-9,16H,5,10-15H2. The maximum absolute atomic E-state index is 13.9. The largest absolute Gasteiger partial charge is 0.378 e. The van der Waals surface area contributed by atoms with Crippen LogP contribution in [0, 0.1) is 5.82 Å². The Morgan fingerprint density at radius 1 is 1.03 bits per heavy atom. The Kier molecular flexibility index (Phi) is 6.89. The molecule has 1 fully saturated rings. The van der Waals surface area contributed by atoms with Crippen molar-refractivity contribution in [2.75, 3.05) is 42.7 Å². The first-order valence-electron chi connectivity index (χ1n) is 9.99. The number of anilines is 1. The summed E-state index contributed by atoms with van der Waals surface area (Å²) < 4.78 is 46.1. The summed E-state index contributed by atoms with van der Waals surface area (Å²) in [6.45, 7) is 2.53. The maximum Gasteiger partial charge on any atom is 0.232 e. The van der Waals surface area contributed by atoms with E-state index < -0.39 is 9.84 Å². The van der Waals surface area contributed by atoms with Gasteiger partial charge in [0.1, 0.15) is 5.82 Å².